The van der Waals surface area contributed by atoms with Crippen LogP contribution in [-0.4, -0.2) is 18.1 Å². The van der Waals surface area contributed by atoms with E-state index in [1.807, 2.05) is 12.1 Å². The van der Waals surface area contributed by atoms with E-state index in [9.17, 15) is 4.79 Å². The van der Waals surface area contributed by atoms with Crippen molar-refractivity contribution >= 4 is 5.97 Å². The minimum Gasteiger partial charge on any atom is -0.469 e. The van der Waals surface area contributed by atoms with Gasteiger partial charge >= 0.3 is 5.97 Å². The molecule has 0 saturated carbocycles. The van der Waals surface area contributed by atoms with Crippen LogP contribution in [0, 0.1) is 0 Å². The molecule has 1 aliphatic rings. The minimum atomic E-state index is -0.140. The molecule has 1 atom stereocenters. The number of esters is 1. The lowest BCUT2D eigenvalue weighted by molar-refractivity contribution is -0.142. The summed E-state index contributed by atoms with van der Waals surface area (Å²) in [6, 6.07) is 3.85. The van der Waals surface area contributed by atoms with Gasteiger partial charge in [0, 0.05) is 11.9 Å². The summed E-state index contributed by atoms with van der Waals surface area (Å²) in [6.45, 7) is 0. The summed E-state index contributed by atoms with van der Waals surface area (Å²) in [5, 5.41) is 0. The van der Waals surface area contributed by atoms with Crippen molar-refractivity contribution in [2.75, 3.05) is 7.11 Å². The Morgan fingerprint density at radius 3 is 3.29 bits per heavy atom. The first kappa shape index (κ1) is 9.19. The van der Waals surface area contributed by atoms with Gasteiger partial charge in [-0.3, -0.25) is 9.78 Å². The van der Waals surface area contributed by atoms with Crippen molar-refractivity contribution in [2.24, 2.45) is 0 Å². The molecule has 1 aromatic heterocycles. The Morgan fingerprint density at radius 1 is 1.64 bits per heavy atom. The number of methoxy groups -OCH3 is 1. The van der Waals surface area contributed by atoms with Crippen LogP contribution in [0.5, 0.6) is 0 Å². The van der Waals surface area contributed by atoms with Crippen LogP contribution in [-0.2, 0) is 16.0 Å². The Balaban J connectivity index is 2.35. The predicted octanol–water partition coefficient (Wildman–Crippen LogP) is 1.67. The molecule has 0 spiro atoms. The van der Waals surface area contributed by atoms with Crippen molar-refractivity contribution in [1.29, 1.82) is 0 Å². The average molecular weight is 191 g/mol. The summed E-state index contributed by atoms with van der Waals surface area (Å²) in [5.41, 5.74) is 2.10. The lowest BCUT2D eigenvalue weighted by Crippen LogP contribution is -2.20. The van der Waals surface area contributed by atoms with Crippen LogP contribution >= 0.6 is 0 Å². The molecule has 74 valence electrons. The Morgan fingerprint density at radius 2 is 2.50 bits per heavy atom. The molecular weight excluding hydrogens is 178 g/mol. The number of aryl methyl sites for hydroxylation is 1. The number of ether oxygens (including phenoxy) is 1. The summed E-state index contributed by atoms with van der Waals surface area (Å²) in [5.74, 6) is -0.239. The molecule has 0 N–H and O–H groups in total. The quantitative estimate of drug-likeness (QED) is 0.634. The number of fused-ring (bicyclic) bond motifs is 1. The van der Waals surface area contributed by atoms with E-state index in [2.05, 4.69) is 4.98 Å². The summed E-state index contributed by atoms with van der Waals surface area (Å²) >= 11 is 0. The van der Waals surface area contributed by atoms with E-state index >= 15 is 0 Å². The van der Waals surface area contributed by atoms with Crippen LogP contribution < -0.4 is 0 Å². The molecule has 0 radical (unpaired) electrons. The van der Waals surface area contributed by atoms with E-state index in [-0.39, 0.29) is 11.9 Å². The smallest absolute Gasteiger partial charge is 0.313 e. The zero-order valence-electron chi connectivity index (χ0n) is 8.19. The predicted molar refractivity (Wildman–Crippen MR) is 51.9 cm³/mol. The second-order valence-electron chi connectivity index (χ2n) is 3.51. The molecule has 1 aromatic rings. The molecule has 1 heterocycles. The first-order chi connectivity index (χ1) is 6.83. The third-order valence-corrected chi connectivity index (χ3v) is 2.69. The first-order valence-corrected chi connectivity index (χ1v) is 4.84. The van der Waals surface area contributed by atoms with Crippen molar-refractivity contribution in [2.45, 2.75) is 25.2 Å². The molecule has 14 heavy (non-hydrogen) atoms. The molecule has 1 aliphatic carbocycles. The van der Waals surface area contributed by atoms with Gasteiger partial charge in [-0.1, -0.05) is 6.07 Å². The lowest BCUT2D eigenvalue weighted by atomic mass is 9.86. The van der Waals surface area contributed by atoms with Crippen molar-refractivity contribution in [3.05, 3.63) is 29.6 Å². The summed E-state index contributed by atoms with van der Waals surface area (Å²) < 4.78 is 4.78. The Kier molecular flexibility index (Phi) is 2.48. The maximum atomic E-state index is 11.5. The molecule has 3 nitrogen and oxygen atoms in total. The standard InChI is InChI=1S/C11H13NO2/c1-14-11(13)9-4-2-6-10-8(9)5-3-7-12-10/h3,5,7,9H,2,4,6H2,1H3. The molecule has 3 heteroatoms. The topological polar surface area (TPSA) is 39.2 Å². The highest BCUT2D eigenvalue weighted by atomic mass is 16.5. The second kappa shape index (κ2) is 3.78. The van der Waals surface area contributed by atoms with Crippen LogP contribution in [0.15, 0.2) is 18.3 Å². The van der Waals surface area contributed by atoms with Gasteiger partial charge in [0.25, 0.3) is 0 Å². The van der Waals surface area contributed by atoms with Crippen LogP contribution in [0.2, 0.25) is 0 Å². The van der Waals surface area contributed by atoms with Crippen LogP contribution in [0.1, 0.15) is 30.0 Å². The van der Waals surface area contributed by atoms with Gasteiger partial charge in [0.1, 0.15) is 0 Å². The van der Waals surface area contributed by atoms with E-state index in [1.165, 1.54) is 7.11 Å². The van der Waals surface area contributed by atoms with E-state index in [1.54, 1.807) is 6.20 Å². The zero-order chi connectivity index (χ0) is 9.97. The van der Waals surface area contributed by atoms with Crippen molar-refractivity contribution < 1.29 is 9.53 Å². The third-order valence-electron chi connectivity index (χ3n) is 2.69. The van der Waals surface area contributed by atoms with Gasteiger partial charge in [0.2, 0.25) is 0 Å². The molecule has 0 amide bonds. The number of hydrogen-bond acceptors (Lipinski definition) is 3. The molecular formula is C11H13NO2. The molecule has 0 fully saturated rings. The summed E-state index contributed by atoms with van der Waals surface area (Å²) in [4.78, 5) is 15.8. The largest absolute Gasteiger partial charge is 0.469 e. The van der Waals surface area contributed by atoms with Gasteiger partial charge in [0.05, 0.1) is 13.0 Å². The fraction of sp³-hybridized carbons (Fsp3) is 0.455. The number of aromatic nitrogens is 1. The highest BCUT2D eigenvalue weighted by Crippen LogP contribution is 2.30. The van der Waals surface area contributed by atoms with Crippen LogP contribution in [0.25, 0.3) is 0 Å². The minimum absolute atomic E-state index is 0.0996. The fourth-order valence-electron chi connectivity index (χ4n) is 1.99. The monoisotopic (exact) mass is 191 g/mol. The number of pyridine rings is 1. The first-order valence-electron chi connectivity index (χ1n) is 4.84. The molecule has 1 unspecified atom stereocenters. The van der Waals surface area contributed by atoms with E-state index in [4.69, 9.17) is 4.74 Å². The molecule has 0 saturated heterocycles. The highest BCUT2D eigenvalue weighted by Gasteiger charge is 2.27. The van der Waals surface area contributed by atoms with Crippen molar-refractivity contribution in [3.8, 4) is 0 Å². The van der Waals surface area contributed by atoms with Gasteiger partial charge in [-0.25, -0.2) is 0 Å². The van der Waals surface area contributed by atoms with Gasteiger partial charge in [-0.15, -0.1) is 0 Å². The fourth-order valence-corrected chi connectivity index (χ4v) is 1.99. The molecule has 0 bridgehead atoms. The van der Waals surface area contributed by atoms with Crippen molar-refractivity contribution in [1.82, 2.24) is 4.98 Å². The lowest BCUT2D eigenvalue weighted by Gasteiger charge is -2.22. The van der Waals surface area contributed by atoms with E-state index in [0.717, 1.165) is 30.5 Å². The molecule has 0 aromatic carbocycles. The van der Waals surface area contributed by atoms with Crippen LogP contribution in [0.3, 0.4) is 0 Å². The number of carbonyl (C=O) groups is 1. The van der Waals surface area contributed by atoms with Crippen molar-refractivity contribution in [3.63, 3.8) is 0 Å². The number of nitrogens with zero attached hydrogens (tertiary/aromatic N) is 1. The number of rotatable bonds is 1. The molecule has 0 aliphatic heterocycles. The van der Waals surface area contributed by atoms with Gasteiger partial charge < -0.3 is 4.74 Å². The van der Waals surface area contributed by atoms with Gasteiger partial charge in [-0.2, -0.15) is 0 Å². The molecule has 2 rings (SSSR count). The Bertz CT molecular complexity index is 349. The number of hydrogen-bond donors (Lipinski definition) is 0. The average Bonchev–Trinajstić information content (AvgIpc) is 2.27. The van der Waals surface area contributed by atoms with E-state index < -0.39 is 0 Å². The second-order valence-corrected chi connectivity index (χ2v) is 3.51. The Hall–Kier alpha value is -1.38. The normalized spacial score (nSPS) is 19.9. The number of carbonyl (C=O) groups excluding carboxylic acids is 1. The highest BCUT2D eigenvalue weighted by molar-refractivity contribution is 5.78. The maximum Gasteiger partial charge on any atom is 0.313 e. The SMILES string of the molecule is COC(=O)C1CCCc2ncccc21. The maximum absolute atomic E-state index is 11.5. The summed E-state index contributed by atoms with van der Waals surface area (Å²) in [7, 11) is 1.44. The van der Waals surface area contributed by atoms with Gasteiger partial charge in [-0.05, 0) is 30.9 Å². The summed E-state index contributed by atoms with van der Waals surface area (Å²) in [6.07, 6.45) is 4.65. The van der Waals surface area contributed by atoms with E-state index in [0.29, 0.717) is 0 Å². The Labute approximate surface area is 83.1 Å². The zero-order valence-corrected chi connectivity index (χ0v) is 8.19. The van der Waals surface area contributed by atoms with Crippen LogP contribution in [0.4, 0.5) is 0 Å². The van der Waals surface area contributed by atoms with Gasteiger partial charge in [0.15, 0.2) is 0 Å². The third kappa shape index (κ3) is 1.50.